The Labute approximate surface area is 180 Å². The van der Waals surface area contributed by atoms with Crippen LogP contribution in [-0.4, -0.2) is 31.3 Å². The zero-order valence-electron chi connectivity index (χ0n) is 15.9. The van der Waals surface area contributed by atoms with Crippen molar-refractivity contribution in [3.05, 3.63) is 57.6 Å². The first-order valence-electron chi connectivity index (χ1n) is 8.62. The molecule has 0 aliphatic rings. The van der Waals surface area contributed by atoms with E-state index in [0.717, 1.165) is 12.1 Å². The average molecular weight is 465 g/mol. The van der Waals surface area contributed by atoms with Crippen LogP contribution in [0.15, 0.2) is 36.4 Å². The standard InChI is InChI=1S/C20H17Cl2F3O5/c1-11(19(27)28-2)29-16-10-6-13(17(21)18(16)22)5-9-15(26)12-3-7-14(8-4-12)30-20(23,24)25/h3-4,6-8,10-11H,5,9H2,1-2H3/t11-/m0/s1. The van der Waals surface area contributed by atoms with Gasteiger partial charge in [-0.1, -0.05) is 29.3 Å². The van der Waals surface area contributed by atoms with Crippen molar-refractivity contribution in [2.45, 2.75) is 32.2 Å². The minimum absolute atomic E-state index is 0.0499. The van der Waals surface area contributed by atoms with Gasteiger partial charge < -0.3 is 14.2 Å². The highest BCUT2D eigenvalue weighted by Gasteiger charge is 2.31. The summed E-state index contributed by atoms with van der Waals surface area (Å²) < 4.78 is 50.3. The van der Waals surface area contributed by atoms with Crippen LogP contribution in [0.2, 0.25) is 10.0 Å². The molecule has 162 valence electrons. The van der Waals surface area contributed by atoms with Gasteiger partial charge in [0.2, 0.25) is 0 Å². The van der Waals surface area contributed by atoms with Crippen molar-refractivity contribution >= 4 is 35.0 Å². The van der Waals surface area contributed by atoms with Crippen LogP contribution in [0.5, 0.6) is 11.5 Å². The molecular weight excluding hydrogens is 448 g/mol. The molecule has 10 heteroatoms. The van der Waals surface area contributed by atoms with Gasteiger partial charge in [0.15, 0.2) is 11.9 Å². The highest BCUT2D eigenvalue weighted by atomic mass is 35.5. The van der Waals surface area contributed by atoms with Crippen LogP contribution in [0.1, 0.15) is 29.3 Å². The number of Topliss-reactive ketones (excluding diaryl/α,β-unsaturated/α-hetero) is 1. The van der Waals surface area contributed by atoms with Gasteiger partial charge in [-0.05, 0) is 49.2 Å². The number of rotatable bonds is 8. The molecule has 0 aliphatic heterocycles. The number of halogens is 5. The van der Waals surface area contributed by atoms with Gasteiger partial charge >= 0.3 is 12.3 Å². The molecule has 0 unspecified atom stereocenters. The SMILES string of the molecule is COC(=O)[C@H](C)Oc1ccc(CCC(=O)c2ccc(OC(F)(F)F)cc2)c(Cl)c1Cl. The summed E-state index contributed by atoms with van der Waals surface area (Å²) in [6.07, 6.45) is -5.40. The van der Waals surface area contributed by atoms with E-state index in [1.54, 1.807) is 6.07 Å². The fraction of sp³-hybridized carbons (Fsp3) is 0.300. The third kappa shape index (κ3) is 6.53. The minimum atomic E-state index is -4.80. The normalized spacial score (nSPS) is 12.2. The molecule has 1 atom stereocenters. The maximum Gasteiger partial charge on any atom is 0.573 e. The number of ether oxygens (including phenoxy) is 3. The van der Waals surface area contributed by atoms with Crippen molar-refractivity contribution in [3.63, 3.8) is 0 Å². The number of ketones is 1. The fourth-order valence-electron chi connectivity index (χ4n) is 2.50. The summed E-state index contributed by atoms with van der Waals surface area (Å²) in [7, 11) is 1.23. The van der Waals surface area contributed by atoms with E-state index in [1.807, 2.05) is 0 Å². The number of esters is 1. The van der Waals surface area contributed by atoms with Gasteiger partial charge in [0.25, 0.3) is 0 Å². The third-order valence-corrected chi connectivity index (χ3v) is 4.90. The summed E-state index contributed by atoms with van der Waals surface area (Å²) in [6, 6.07) is 7.78. The van der Waals surface area contributed by atoms with Crippen LogP contribution < -0.4 is 9.47 Å². The Morgan fingerprint density at radius 1 is 1.03 bits per heavy atom. The van der Waals surface area contributed by atoms with E-state index in [4.69, 9.17) is 27.9 Å². The Morgan fingerprint density at radius 3 is 2.23 bits per heavy atom. The molecule has 30 heavy (non-hydrogen) atoms. The second-order valence-corrected chi connectivity index (χ2v) is 6.89. The van der Waals surface area contributed by atoms with Crippen molar-refractivity contribution in [2.24, 2.45) is 0 Å². The Balaban J connectivity index is 2.02. The van der Waals surface area contributed by atoms with Crippen molar-refractivity contribution in [3.8, 4) is 11.5 Å². The lowest BCUT2D eigenvalue weighted by Gasteiger charge is -2.15. The van der Waals surface area contributed by atoms with Crippen LogP contribution >= 0.6 is 23.2 Å². The van der Waals surface area contributed by atoms with Crippen LogP contribution in [0.4, 0.5) is 13.2 Å². The molecule has 0 bridgehead atoms. The smallest absolute Gasteiger partial charge is 0.477 e. The fourth-order valence-corrected chi connectivity index (χ4v) is 2.97. The first kappa shape index (κ1) is 23.8. The molecule has 0 saturated carbocycles. The summed E-state index contributed by atoms with van der Waals surface area (Å²) in [6.45, 7) is 1.49. The van der Waals surface area contributed by atoms with Crippen molar-refractivity contribution in [1.29, 1.82) is 0 Å². The highest BCUT2D eigenvalue weighted by molar-refractivity contribution is 6.43. The number of alkyl halides is 3. The van der Waals surface area contributed by atoms with Crippen molar-refractivity contribution in [2.75, 3.05) is 7.11 Å². The third-order valence-electron chi connectivity index (χ3n) is 3.99. The first-order valence-corrected chi connectivity index (χ1v) is 9.37. The van der Waals surface area contributed by atoms with Gasteiger partial charge in [-0.3, -0.25) is 4.79 Å². The van der Waals surface area contributed by atoms with Gasteiger partial charge in [-0.2, -0.15) is 0 Å². The second kappa shape index (κ2) is 10.0. The maximum atomic E-state index is 12.3. The van der Waals surface area contributed by atoms with Crippen LogP contribution in [0.3, 0.4) is 0 Å². The summed E-state index contributed by atoms with van der Waals surface area (Å²) in [5.74, 6) is -1.09. The number of carbonyl (C=O) groups excluding carboxylic acids is 2. The first-order chi connectivity index (χ1) is 14.0. The Hall–Kier alpha value is -2.45. The van der Waals surface area contributed by atoms with Crippen molar-refractivity contribution in [1.82, 2.24) is 0 Å². The molecular formula is C20H17Cl2F3O5. The zero-order valence-corrected chi connectivity index (χ0v) is 17.4. The van der Waals surface area contributed by atoms with E-state index < -0.39 is 24.2 Å². The van der Waals surface area contributed by atoms with E-state index >= 15 is 0 Å². The predicted molar refractivity (Wildman–Crippen MR) is 104 cm³/mol. The molecule has 0 saturated heterocycles. The van der Waals surface area contributed by atoms with Crippen LogP contribution in [0, 0.1) is 0 Å². The van der Waals surface area contributed by atoms with E-state index in [9.17, 15) is 22.8 Å². The van der Waals surface area contributed by atoms with Gasteiger partial charge in [-0.25, -0.2) is 4.79 Å². The molecule has 2 aromatic carbocycles. The van der Waals surface area contributed by atoms with E-state index in [0.29, 0.717) is 5.56 Å². The van der Waals surface area contributed by atoms with Crippen molar-refractivity contribution < 1.29 is 37.0 Å². The summed E-state index contributed by atoms with van der Waals surface area (Å²) in [5.41, 5.74) is 0.809. The molecule has 5 nitrogen and oxygen atoms in total. The number of methoxy groups -OCH3 is 1. The van der Waals surface area contributed by atoms with Gasteiger partial charge in [0.05, 0.1) is 12.1 Å². The molecule has 0 aromatic heterocycles. The van der Waals surface area contributed by atoms with E-state index in [2.05, 4.69) is 9.47 Å². The lowest BCUT2D eigenvalue weighted by molar-refractivity contribution is -0.274. The zero-order chi connectivity index (χ0) is 22.5. The van der Waals surface area contributed by atoms with E-state index in [1.165, 1.54) is 32.2 Å². The Morgan fingerprint density at radius 2 is 1.67 bits per heavy atom. The number of benzene rings is 2. The number of hydrogen-bond acceptors (Lipinski definition) is 5. The number of hydrogen-bond donors (Lipinski definition) is 0. The quantitative estimate of drug-likeness (QED) is 0.373. The number of carbonyl (C=O) groups is 2. The largest absolute Gasteiger partial charge is 0.573 e. The second-order valence-electron chi connectivity index (χ2n) is 6.13. The topological polar surface area (TPSA) is 61.8 Å². The van der Waals surface area contributed by atoms with Gasteiger partial charge in [0, 0.05) is 12.0 Å². The molecule has 0 heterocycles. The molecule has 0 aliphatic carbocycles. The van der Waals surface area contributed by atoms with Crippen LogP contribution in [0.25, 0.3) is 0 Å². The molecule has 0 N–H and O–H groups in total. The van der Waals surface area contributed by atoms with E-state index in [-0.39, 0.29) is 40.0 Å². The highest BCUT2D eigenvalue weighted by Crippen LogP contribution is 2.36. The summed E-state index contributed by atoms with van der Waals surface area (Å²) >= 11 is 12.4. The molecule has 0 fully saturated rings. The average Bonchev–Trinajstić information content (AvgIpc) is 2.69. The minimum Gasteiger partial charge on any atom is -0.477 e. The molecule has 2 rings (SSSR count). The monoisotopic (exact) mass is 464 g/mol. The maximum absolute atomic E-state index is 12.3. The lowest BCUT2D eigenvalue weighted by atomic mass is 10.0. The van der Waals surface area contributed by atoms with Gasteiger partial charge in [-0.15, -0.1) is 13.2 Å². The van der Waals surface area contributed by atoms with Crippen LogP contribution in [-0.2, 0) is 16.0 Å². The predicted octanol–water partition coefficient (Wildman–Crippen LogP) is 5.65. The summed E-state index contributed by atoms with van der Waals surface area (Å²) in [4.78, 5) is 23.8. The molecule has 0 amide bonds. The lowest BCUT2D eigenvalue weighted by Crippen LogP contribution is -2.25. The van der Waals surface area contributed by atoms with Gasteiger partial charge in [0.1, 0.15) is 16.5 Å². The Kier molecular flexibility index (Phi) is 7.97. The summed E-state index contributed by atoms with van der Waals surface area (Å²) in [5, 5.41) is 0.263. The molecule has 0 radical (unpaired) electrons. The number of aryl methyl sites for hydroxylation is 1. The Bertz CT molecular complexity index is 914. The molecule has 2 aromatic rings. The molecule has 0 spiro atoms.